The van der Waals surface area contributed by atoms with Gasteiger partial charge in [-0.25, -0.2) is 9.97 Å². The number of benzene rings is 3. The first-order valence-corrected chi connectivity index (χ1v) is 21.1. The second kappa shape index (κ2) is 15.9. The number of carbonyl (C=O) groups excluding carboxylic acids is 2. The molecule has 0 spiro atoms. The summed E-state index contributed by atoms with van der Waals surface area (Å²) >= 11 is 13.7. The number of nitrogens with zero attached hydrogens (tertiary/aromatic N) is 7. The number of primary amides is 1. The minimum absolute atomic E-state index is 0.123. The summed E-state index contributed by atoms with van der Waals surface area (Å²) in [6.07, 6.45) is 1.23. The molecule has 2 aliphatic rings. The number of aryl methyl sites for hydroxylation is 7. The Morgan fingerprint density at radius 3 is 2.24 bits per heavy atom. The maximum Gasteiger partial charge on any atom is 0.275 e. The highest BCUT2D eigenvalue weighted by Gasteiger charge is 2.38. The smallest absolute Gasteiger partial charge is 0.275 e. The summed E-state index contributed by atoms with van der Waals surface area (Å²) < 4.78 is 10.3. The zero-order valence-corrected chi connectivity index (χ0v) is 36.7. The van der Waals surface area contributed by atoms with E-state index >= 15 is 4.79 Å². The average Bonchev–Trinajstić information content (AvgIpc) is 3.70. The topological polar surface area (TPSA) is 115 Å². The number of amides is 2. The molecule has 1 fully saturated rings. The van der Waals surface area contributed by atoms with E-state index in [2.05, 4.69) is 28.3 Å². The Kier molecular flexibility index (Phi) is 11.0. The van der Waals surface area contributed by atoms with Crippen molar-refractivity contribution in [2.45, 2.75) is 67.0 Å². The summed E-state index contributed by atoms with van der Waals surface area (Å²) in [6.45, 7) is 17.7. The van der Waals surface area contributed by atoms with Crippen LogP contribution in [0, 0.1) is 34.6 Å². The van der Waals surface area contributed by atoms with E-state index in [9.17, 15) is 4.79 Å². The van der Waals surface area contributed by atoms with Gasteiger partial charge in [-0.15, -0.1) is 0 Å². The molecule has 8 rings (SSSR count). The van der Waals surface area contributed by atoms with Crippen molar-refractivity contribution in [2.24, 2.45) is 12.8 Å². The van der Waals surface area contributed by atoms with Crippen molar-refractivity contribution >= 4 is 62.5 Å². The van der Waals surface area contributed by atoms with Gasteiger partial charge >= 0.3 is 0 Å². The van der Waals surface area contributed by atoms with Crippen LogP contribution in [-0.2, 0) is 20.0 Å². The lowest BCUT2D eigenvalue weighted by atomic mass is 9.97. The van der Waals surface area contributed by atoms with E-state index in [-0.39, 0.29) is 11.9 Å². The molecule has 2 aliphatic heterocycles. The number of carbonyl (C=O) groups is 2. The number of ether oxygens (including phenoxy) is 1. The molecule has 2 amide bonds. The number of likely N-dealkylation sites (N-methyl/N-ethyl adjacent to an activating group) is 1. The van der Waals surface area contributed by atoms with E-state index in [1.165, 1.54) is 0 Å². The Balaban J connectivity index is 1.25. The van der Waals surface area contributed by atoms with Crippen molar-refractivity contribution < 1.29 is 14.3 Å². The third-order valence-corrected chi connectivity index (χ3v) is 13.0. The number of hydrogen-bond donors (Lipinski definition) is 1. The second-order valence-corrected chi connectivity index (χ2v) is 17.3. The molecular weight excluding hydrogens is 783 g/mol. The molecule has 3 aromatic carbocycles. The van der Waals surface area contributed by atoms with E-state index in [1.54, 1.807) is 10.6 Å². The van der Waals surface area contributed by atoms with Crippen LogP contribution in [0.4, 0.5) is 5.69 Å². The third-order valence-electron chi connectivity index (χ3n) is 12.1. The van der Waals surface area contributed by atoms with Crippen LogP contribution in [0.3, 0.4) is 0 Å². The first-order valence-electron chi connectivity index (χ1n) is 20.3. The molecule has 2 N–H and O–H groups in total. The van der Waals surface area contributed by atoms with Gasteiger partial charge in [-0.3, -0.25) is 14.5 Å². The maximum absolute atomic E-state index is 15.3. The molecule has 0 aliphatic carbocycles. The lowest BCUT2D eigenvalue weighted by Gasteiger charge is -2.35. The standard InChI is InChI=1S/C46H52Cl2N8O3/c1-25-18-31-22-37(45(49)57)53(8)42(31)36(19-25)55-23-28(4)56-43-34(33(44(56)46(55)58)10-9-17-59-32-20-26(2)41(48)27(3)21-32)11-12-35(47)40(43)39-29(5)50-38(51-30(39)6)24-54-15-13-52(7)14-16-54/h11-12,18-22,28H,9-10,13-17,23-24H2,1-8H3,(H2,49,57)/t28-/m1/s1. The van der Waals surface area contributed by atoms with Crippen molar-refractivity contribution in [3.8, 4) is 16.9 Å². The number of anilines is 1. The van der Waals surface area contributed by atoms with Gasteiger partial charge in [0.25, 0.3) is 11.8 Å². The number of hydrogen-bond acceptors (Lipinski definition) is 7. The molecule has 1 atom stereocenters. The minimum Gasteiger partial charge on any atom is -0.494 e. The number of halogens is 2. The molecule has 59 heavy (non-hydrogen) atoms. The van der Waals surface area contributed by atoms with Crippen molar-refractivity contribution in [3.05, 3.63) is 103 Å². The predicted molar refractivity (Wildman–Crippen MR) is 238 cm³/mol. The maximum atomic E-state index is 15.3. The molecule has 13 heteroatoms. The Morgan fingerprint density at radius 1 is 0.898 bits per heavy atom. The molecule has 3 aromatic heterocycles. The van der Waals surface area contributed by atoms with E-state index in [0.717, 1.165) is 115 Å². The summed E-state index contributed by atoms with van der Waals surface area (Å²) in [5.74, 6) is 0.915. The fourth-order valence-corrected chi connectivity index (χ4v) is 9.65. The number of aromatic nitrogens is 4. The largest absolute Gasteiger partial charge is 0.494 e. The van der Waals surface area contributed by atoms with Crippen LogP contribution in [0.1, 0.15) is 79.8 Å². The summed E-state index contributed by atoms with van der Waals surface area (Å²) in [6, 6.07) is 13.6. The Bertz CT molecular complexity index is 2630. The van der Waals surface area contributed by atoms with Gasteiger partial charge in [-0.2, -0.15) is 0 Å². The first kappa shape index (κ1) is 40.8. The molecule has 6 aromatic rings. The molecule has 0 saturated carbocycles. The van der Waals surface area contributed by atoms with Gasteiger partial charge in [0.15, 0.2) is 0 Å². The lowest BCUT2D eigenvalue weighted by Crippen LogP contribution is -2.44. The molecule has 0 radical (unpaired) electrons. The lowest BCUT2D eigenvalue weighted by molar-refractivity contribution is 0.0956. The van der Waals surface area contributed by atoms with Gasteiger partial charge in [0.2, 0.25) is 0 Å². The molecular formula is C46H52Cl2N8O3. The Labute approximate surface area is 355 Å². The second-order valence-electron chi connectivity index (χ2n) is 16.5. The zero-order chi connectivity index (χ0) is 42.0. The average molecular weight is 836 g/mol. The van der Waals surface area contributed by atoms with Crippen LogP contribution in [-0.4, -0.2) is 87.1 Å². The van der Waals surface area contributed by atoms with E-state index in [1.807, 2.05) is 83.0 Å². The third kappa shape index (κ3) is 7.36. The number of piperazine rings is 1. The van der Waals surface area contributed by atoms with Gasteiger partial charge in [-0.05, 0) is 120 Å². The number of nitrogens with two attached hydrogens (primary N) is 1. The number of rotatable bonds is 10. The van der Waals surface area contributed by atoms with Gasteiger partial charge in [0.05, 0.1) is 34.9 Å². The fraction of sp³-hybridized carbons (Fsp3) is 0.391. The van der Waals surface area contributed by atoms with Gasteiger partial charge < -0.3 is 29.4 Å². The van der Waals surface area contributed by atoms with Crippen LogP contribution in [0.5, 0.6) is 5.75 Å². The normalized spacial score (nSPS) is 16.4. The van der Waals surface area contributed by atoms with Crippen molar-refractivity contribution in [3.63, 3.8) is 0 Å². The van der Waals surface area contributed by atoms with Crippen LogP contribution < -0.4 is 15.4 Å². The van der Waals surface area contributed by atoms with E-state index in [0.29, 0.717) is 48.9 Å². The van der Waals surface area contributed by atoms with Crippen LogP contribution >= 0.6 is 23.2 Å². The predicted octanol–water partition coefficient (Wildman–Crippen LogP) is 8.52. The Hall–Kier alpha value is -4.94. The van der Waals surface area contributed by atoms with Crippen molar-refractivity contribution in [1.29, 1.82) is 0 Å². The quantitative estimate of drug-likeness (QED) is 0.138. The van der Waals surface area contributed by atoms with Crippen molar-refractivity contribution in [2.75, 3.05) is 51.3 Å². The molecule has 0 unspecified atom stereocenters. The monoisotopic (exact) mass is 834 g/mol. The van der Waals surface area contributed by atoms with Crippen LogP contribution in [0.2, 0.25) is 10.0 Å². The highest BCUT2D eigenvalue weighted by Crippen LogP contribution is 2.45. The molecule has 308 valence electrons. The van der Waals surface area contributed by atoms with Gasteiger partial charge in [-0.1, -0.05) is 29.3 Å². The van der Waals surface area contributed by atoms with E-state index < -0.39 is 5.91 Å². The molecule has 1 saturated heterocycles. The summed E-state index contributed by atoms with van der Waals surface area (Å²) in [5.41, 5.74) is 16.5. The van der Waals surface area contributed by atoms with Crippen LogP contribution in [0.25, 0.3) is 32.9 Å². The number of fused-ring (bicyclic) bond motifs is 4. The van der Waals surface area contributed by atoms with Crippen LogP contribution in [0.15, 0.2) is 42.5 Å². The highest BCUT2D eigenvalue weighted by atomic mass is 35.5. The summed E-state index contributed by atoms with van der Waals surface area (Å²) in [5, 5.41) is 3.13. The molecule has 11 nitrogen and oxygen atoms in total. The molecule has 5 heterocycles. The SMILES string of the molecule is Cc1cc(N2C[C@@H](C)n3c(c(CCCOc4cc(C)c(Cl)c(C)c4)c4ccc(Cl)c(-c5c(C)nc(CN6CCN(C)CC6)nc5C)c43)C2=O)c2c(c1)cc(C(N)=O)n2C. The first-order chi connectivity index (χ1) is 28.1. The summed E-state index contributed by atoms with van der Waals surface area (Å²) in [7, 11) is 3.98. The highest BCUT2D eigenvalue weighted by molar-refractivity contribution is 6.35. The summed E-state index contributed by atoms with van der Waals surface area (Å²) in [4.78, 5) is 44.6. The zero-order valence-electron chi connectivity index (χ0n) is 35.2. The van der Waals surface area contributed by atoms with E-state index in [4.69, 9.17) is 43.6 Å². The minimum atomic E-state index is -0.523. The van der Waals surface area contributed by atoms with Crippen molar-refractivity contribution in [1.82, 2.24) is 28.9 Å². The van der Waals surface area contributed by atoms with Gasteiger partial charge in [0, 0.05) is 84.1 Å². The van der Waals surface area contributed by atoms with Gasteiger partial charge in [0.1, 0.15) is 23.0 Å². The Morgan fingerprint density at radius 2 is 1.58 bits per heavy atom. The molecule has 0 bridgehead atoms. The fourth-order valence-electron chi connectivity index (χ4n) is 9.30.